The summed E-state index contributed by atoms with van der Waals surface area (Å²) in [6.07, 6.45) is 2.19. The molecule has 3 saturated heterocycles. The Kier molecular flexibility index (Phi) is 9.70. The van der Waals surface area contributed by atoms with E-state index in [-0.39, 0.29) is 62.3 Å². The number of para-hydroxylation sites is 1. The minimum absolute atomic E-state index is 0.0882. The second-order valence-electron chi connectivity index (χ2n) is 13.0. The Bertz CT molecular complexity index is 1860. The summed E-state index contributed by atoms with van der Waals surface area (Å²) in [5.74, 6) is -0.365. The van der Waals surface area contributed by atoms with E-state index in [1.54, 1.807) is 61.5 Å². The number of urea groups is 1. The summed E-state index contributed by atoms with van der Waals surface area (Å²) in [7, 11) is 0. The molecule has 12 nitrogen and oxygen atoms in total. The lowest BCUT2D eigenvalue weighted by Crippen LogP contribution is -2.76. The van der Waals surface area contributed by atoms with Gasteiger partial charge < -0.3 is 30.2 Å². The Labute approximate surface area is 294 Å². The minimum Gasteiger partial charge on any atom is -0.508 e. The summed E-state index contributed by atoms with van der Waals surface area (Å²) in [5, 5.41) is 27.1. The van der Waals surface area contributed by atoms with Crippen molar-refractivity contribution in [2.45, 2.75) is 50.7 Å². The normalized spacial score (nSPS) is 20.3. The lowest BCUT2D eigenvalue weighted by Gasteiger charge is -2.55. The van der Waals surface area contributed by atoms with Gasteiger partial charge in [-0.2, -0.15) is 0 Å². The van der Waals surface area contributed by atoms with Crippen molar-refractivity contribution in [3.8, 4) is 5.75 Å². The molecule has 3 N–H and O–H groups in total. The number of phenols is 1. The molecule has 4 amide bonds. The van der Waals surface area contributed by atoms with E-state index in [2.05, 4.69) is 16.8 Å². The van der Waals surface area contributed by atoms with Gasteiger partial charge in [0.15, 0.2) is 5.13 Å². The van der Waals surface area contributed by atoms with Crippen LogP contribution < -0.4 is 10.2 Å². The molecule has 7 rings (SSSR count). The van der Waals surface area contributed by atoms with Crippen LogP contribution in [-0.4, -0.2) is 104 Å². The van der Waals surface area contributed by atoms with Gasteiger partial charge in [-0.15, -0.1) is 6.58 Å². The quantitative estimate of drug-likeness (QED) is 0.226. The first-order valence-corrected chi connectivity index (χ1v) is 17.8. The van der Waals surface area contributed by atoms with Crippen molar-refractivity contribution in [1.82, 2.24) is 30.1 Å². The van der Waals surface area contributed by atoms with Crippen LogP contribution in [0.15, 0.2) is 85.5 Å². The van der Waals surface area contributed by atoms with Gasteiger partial charge in [-0.3, -0.25) is 9.59 Å². The van der Waals surface area contributed by atoms with Crippen LogP contribution in [0.25, 0.3) is 10.2 Å². The number of benzene rings is 3. The fourth-order valence-electron chi connectivity index (χ4n) is 7.07. The van der Waals surface area contributed by atoms with Gasteiger partial charge in [0.1, 0.15) is 18.0 Å². The molecular formula is C37H41N7O5S. The van der Waals surface area contributed by atoms with Crippen molar-refractivity contribution in [1.29, 1.82) is 0 Å². The molecule has 0 spiro atoms. The average Bonchev–Trinajstić information content (AvgIpc) is 3.56. The number of hydrogen-bond acceptors (Lipinski definition) is 9. The molecule has 3 fully saturated rings. The van der Waals surface area contributed by atoms with Gasteiger partial charge >= 0.3 is 6.03 Å². The predicted molar refractivity (Wildman–Crippen MR) is 191 cm³/mol. The molecule has 1 aromatic heterocycles. The van der Waals surface area contributed by atoms with Crippen LogP contribution >= 0.6 is 11.3 Å². The van der Waals surface area contributed by atoms with Gasteiger partial charge in [-0.1, -0.05) is 72.0 Å². The average molecular weight is 696 g/mol. The smallest absolute Gasteiger partial charge is 0.334 e. The van der Waals surface area contributed by atoms with Crippen molar-refractivity contribution < 1.29 is 24.6 Å². The molecule has 2 atom stereocenters. The van der Waals surface area contributed by atoms with Crippen molar-refractivity contribution >= 4 is 44.5 Å². The number of aromatic hydroxyl groups is 1. The molecule has 0 saturated carbocycles. The van der Waals surface area contributed by atoms with Gasteiger partial charge in [-0.25, -0.2) is 19.8 Å². The van der Waals surface area contributed by atoms with Crippen LogP contribution in [0, 0.1) is 0 Å². The molecule has 4 heterocycles. The lowest BCUT2D eigenvalue weighted by molar-refractivity contribution is -0.189. The third kappa shape index (κ3) is 6.89. The highest BCUT2D eigenvalue weighted by atomic mass is 32.1. The molecule has 0 unspecified atom stereocenters. The van der Waals surface area contributed by atoms with Gasteiger partial charge in [0.05, 0.1) is 29.4 Å². The van der Waals surface area contributed by atoms with Gasteiger partial charge in [0.2, 0.25) is 11.8 Å². The second kappa shape index (κ2) is 14.5. The number of carbonyl (C=O) groups excluding carboxylic acids is 3. The maximum Gasteiger partial charge on any atom is 0.334 e. The number of aliphatic hydroxyl groups excluding tert-OH is 1. The van der Waals surface area contributed by atoms with Crippen molar-refractivity contribution in [2.75, 3.05) is 37.6 Å². The number of piperazine rings is 1. The molecule has 3 aromatic carbocycles. The Morgan fingerprint density at radius 3 is 2.50 bits per heavy atom. The Hall–Kier alpha value is -4.98. The van der Waals surface area contributed by atoms with Crippen LogP contribution in [0.5, 0.6) is 5.75 Å². The highest BCUT2D eigenvalue weighted by molar-refractivity contribution is 7.22. The second-order valence-corrected chi connectivity index (χ2v) is 14.0. The maximum atomic E-state index is 14.5. The number of phenolic OH excluding ortho intramolecular Hbond substituents is 1. The fourth-order valence-corrected chi connectivity index (χ4v) is 8.14. The lowest BCUT2D eigenvalue weighted by atomic mass is 9.98. The number of piperidine rings is 1. The summed E-state index contributed by atoms with van der Waals surface area (Å²) in [6.45, 7) is 6.14. The summed E-state index contributed by atoms with van der Waals surface area (Å²) < 4.78 is 1.00. The highest BCUT2D eigenvalue weighted by Crippen LogP contribution is 2.34. The zero-order chi connectivity index (χ0) is 34.8. The minimum atomic E-state index is -0.883. The summed E-state index contributed by atoms with van der Waals surface area (Å²) in [5.41, 5.74) is 3.40. The van der Waals surface area contributed by atoms with E-state index in [1.165, 1.54) is 0 Å². The van der Waals surface area contributed by atoms with Crippen LogP contribution in [0.1, 0.15) is 29.5 Å². The van der Waals surface area contributed by atoms with Crippen molar-refractivity contribution in [2.24, 2.45) is 0 Å². The third-order valence-electron chi connectivity index (χ3n) is 9.62. The number of rotatable bonds is 9. The van der Waals surface area contributed by atoms with E-state index >= 15 is 0 Å². The first kappa shape index (κ1) is 33.5. The van der Waals surface area contributed by atoms with Gasteiger partial charge in [0.25, 0.3) is 0 Å². The number of amides is 4. The number of nitrogens with one attached hydrogen (secondary N) is 1. The molecule has 260 valence electrons. The van der Waals surface area contributed by atoms with E-state index in [0.717, 1.165) is 45.1 Å². The monoisotopic (exact) mass is 695 g/mol. The van der Waals surface area contributed by atoms with E-state index in [9.17, 15) is 24.6 Å². The van der Waals surface area contributed by atoms with Crippen molar-refractivity contribution in [3.63, 3.8) is 0 Å². The predicted octanol–water partition coefficient (Wildman–Crippen LogP) is 3.70. The topological polar surface area (TPSA) is 133 Å². The molecule has 13 heteroatoms. The van der Waals surface area contributed by atoms with Crippen LogP contribution in [0.4, 0.5) is 9.93 Å². The zero-order valence-electron chi connectivity index (χ0n) is 27.7. The number of anilines is 1. The molecule has 0 radical (unpaired) electrons. The van der Waals surface area contributed by atoms with Crippen LogP contribution in [0.3, 0.4) is 0 Å². The number of hydrogen-bond donors (Lipinski definition) is 3. The first-order chi connectivity index (χ1) is 24.3. The summed E-state index contributed by atoms with van der Waals surface area (Å²) in [4.78, 5) is 53.0. The number of aliphatic hydroxyl groups is 1. The van der Waals surface area contributed by atoms with E-state index < -0.39 is 12.2 Å². The van der Waals surface area contributed by atoms with E-state index in [0.29, 0.717) is 19.4 Å². The Morgan fingerprint density at radius 1 is 1.00 bits per heavy atom. The largest absolute Gasteiger partial charge is 0.508 e. The molecule has 3 aliphatic heterocycles. The van der Waals surface area contributed by atoms with E-state index in [1.807, 2.05) is 48.5 Å². The number of aromatic nitrogens is 1. The number of fused-ring (bicyclic) bond motifs is 2. The van der Waals surface area contributed by atoms with Crippen LogP contribution in [0.2, 0.25) is 0 Å². The molecule has 4 aromatic rings. The van der Waals surface area contributed by atoms with Crippen molar-refractivity contribution in [3.05, 3.63) is 102 Å². The number of hydrazine groups is 1. The molecule has 50 heavy (non-hydrogen) atoms. The van der Waals surface area contributed by atoms with Crippen LogP contribution in [-0.2, 0) is 29.1 Å². The van der Waals surface area contributed by atoms with E-state index in [4.69, 9.17) is 4.98 Å². The SMILES string of the molecule is C=CCN1CC(=O)N2[C@@H](Cc3ccc(O)cc3)C(=O)N(Cc3cccc4sc(N5CCC(O)CC5)nc34)C[C@@H]2N1C(=O)NCc1ccccc1. The van der Waals surface area contributed by atoms with Gasteiger partial charge in [0, 0.05) is 39.1 Å². The molecular weight excluding hydrogens is 655 g/mol. The maximum absolute atomic E-state index is 14.5. The Morgan fingerprint density at radius 2 is 1.76 bits per heavy atom. The zero-order valence-corrected chi connectivity index (χ0v) is 28.5. The standard InChI is InChI=1S/C37H41N7O5S/c1-2-17-42-24-33(47)43-30(20-25-11-13-28(45)14-12-25)35(48)41(23-32(43)44(42)36(49)38-21-26-7-4-3-5-8-26)22-27-9-6-10-31-34(27)39-37(50-31)40-18-15-29(46)16-19-40/h2-14,29-30,32,45-46H,1,15-24H2,(H,38,49)/t30-,32-/m0/s1. The first-order valence-electron chi connectivity index (χ1n) is 16.9. The number of nitrogens with zero attached hydrogens (tertiary/aromatic N) is 6. The molecule has 0 aliphatic carbocycles. The number of thiazole rings is 1. The fraction of sp³-hybridized carbons (Fsp3) is 0.351. The summed E-state index contributed by atoms with van der Waals surface area (Å²) >= 11 is 1.60. The van der Waals surface area contributed by atoms with Gasteiger partial charge in [-0.05, 0) is 47.7 Å². The third-order valence-corrected chi connectivity index (χ3v) is 10.7. The molecule has 0 bridgehead atoms. The summed E-state index contributed by atoms with van der Waals surface area (Å²) in [6, 6.07) is 20.9. The number of carbonyl (C=O) groups is 3. The Balaban J connectivity index is 1.22. The molecule has 3 aliphatic rings. The highest BCUT2D eigenvalue weighted by Gasteiger charge is 2.51.